The summed E-state index contributed by atoms with van der Waals surface area (Å²) in [6.07, 6.45) is 0. The maximum atomic E-state index is 13.1. The van der Waals surface area contributed by atoms with Crippen LogP contribution in [-0.2, 0) is 11.3 Å². The minimum Gasteiger partial charge on any atom is -0.494 e. The average molecular weight is 500 g/mol. The van der Waals surface area contributed by atoms with Crippen LogP contribution in [0.15, 0.2) is 76.9 Å². The van der Waals surface area contributed by atoms with Crippen molar-refractivity contribution in [3.8, 4) is 22.8 Å². The number of rotatable bonds is 8. The second-order valence-corrected chi connectivity index (χ2v) is 8.92. The Hall–Kier alpha value is -4.17. The molecular weight excluding hydrogens is 474 g/mol. The highest BCUT2D eigenvalue weighted by atomic mass is 32.1. The van der Waals surface area contributed by atoms with Crippen LogP contribution in [0.1, 0.15) is 13.8 Å². The van der Waals surface area contributed by atoms with E-state index in [1.807, 2.05) is 78.4 Å². The molecule has 0 aliphatic rings. The number of aromatic nitrogens is 2. The van der Waals surface area contributed by atoms with E-state index in [4.69, 9.17) is 9.47 Å². The van der Waals surface area contributed by atoms with Crippen LogP contribution in [0.4, 0.5) is 5.13 Å². The maximum Gasteiger partial charge on any atom is 0.246 e. The summed E-state index contributed by atoms with van der Waals surface area (Å²) in [7, 11) is 0. The smallest absolute Gasteiger partial charge is 0.246 e. The fourth-order valence-electron chi connectivity index (χ4n) is 4.25. The van der Waals surface area contributed by atoms with Gasteiger partial charge in [0.2, 0.25) is 5.91 Å². The lowest BCUT2D eigenvalue weighted by Gasteiger charge is -2.14. The molecule has 5 rings (SSSR count). The van der Waals surface area contributed by atoms with Crippen molar-refractivity contribution in [2.24, 2.45) is 0 Å². The molecule has 0 radical (unpaired) electrons. The van der Waals surface area contributed by atoms with Crippen LogP contribution in [0.25, 0.3) is 33.1 Å². The van der Waals surface area contributed by atoms with E-state index in [2.05, 4.69) is 10.3 Å². The normalized spacial score (nSPS) is 11.1. The zero-order valence-corrected chi connectivity index (χ0v) is 20.8. The minimum absolute atomic E-state index is 0.0400. The van der Waals surface area contributed by atoms with Crippen LogP contribution < -0.4 is 20.2 Å². The lowest BCUT2D eigenvalue weighted by molar-refractivity contribution is -0.116. The van der Waals surface area contributed by atoms with E-state index in [1.54, 1.807) is 12.1 Å². The Morgan fingerprint density at radius 3 is 2.28 bits per heavy atom. The second kappa shape index (κ2) is 10.2. The van der Waals surface area contributed by atoms with Gasteiger partial charge in [-0.05, 0) is 56.3 Å². The molecule has 1 N–H and O–H groups in total. The lowest BCUT2D eigenvalue weighted by atomic mass is 10.1. The largest absolute Gasteiger partial charge is 0.494 e. The third kappa shape index (κ3) is 4.55. The standard InChI is InChI=1S/C28H25N3O4S/c1-3-34-18-13-14-25(35-4-2)21(15-18)22-17-36-28(29-22)30-26(32)16-31-23-11-7-5-9-19(23)27(33)20-10-6-8-12-24(20)31/h5-15,17H,3-4,16H2,1-2H3,(H,29,30,32). The number of hydrogen-bond acceptors (Lipinski definition) is 6. The number of carbonyl (C=O) groups is 1. The molecule has 0 fully saturated rings. The van der Waals surface area contributed by atoms with Crippen LogP contribution in [0.5, 0.6) is 11.5 Å². The summed E-state index contributed by atoms with van der Waals surface area (Å²) in [6.45, 7) is 4.98. The maximum absolute atomic E-state index is 13.1. The van der Waals surface area contributed by atoms with Crippen molar-refractivity contribution in [1.82, 2.24) is 9.55 Å². The molecule has 0 spiro atoms. The molecule has 182 valence electrons. The van der Waals surface area contributed by atoms with Gasteiger partial charge in [0.05, 0.1) is 29.9 Å². The molecule has 2 aromatic heterocycles. The van der Waals surface area contributed by atoms with Crippen molar-refractivity contribution in [1.29, 1.82) is 0 Å². The van der Waals surface area contributed by atoms with Gasteiger partial charge in [-0.25, -0.2) is 4.98 Å². The Balaban J connectivity index is 1.44. The number of ether oxygens (including phenoxy) is 2. The topological polar surface area (TPSA) is 82.5 Å². The predicted octanol–water partition coefficient (Wildman–Crippen LogP) is 5.71. The molecule has 36 heavy (non-hydrogen) atoms. The number of benzene rings is 3. The monoisotopic (exact) mass is 499 g/mol. The third-order valence-corrected chi connectivity index (χ3v) is 6.53. The molecule has 5 aromatic rings. The van der Waals surface area contributed by atoms with E-state index in [0.717, 1.165) is 11.3 Å². The molecule has 7 nitrogen and oxygen atoms in total. The zero-order valence-electron chi connectivity index (χ0n) is 20.0. The van der Waals surface area contributed by atoms with E-state index < -0.39 is 0 Å². The van der Waals surface area contributed by atoms with Gasteiger partial charge in [-0.1, -0.05) is 24.3 Å². The predicted molar refractivity (Wildman–Crippen MR) is 144 cm³/mol. The van der Waals surface area contributed by atoms with Gasteiger partial charge in [-0.15, -0.1) is 11.3 Å². The minimum atomic E-state index is -0.233. The average Bonchev–Trinajstić information content (AvgIpc) is 3.36. The molecule has 0 atom stereocenters. The number of hydrogen-bond donors (Lipinski definition) is 1. The number of carbonyl (C=O) groups excluding carboxylic acids is 1. The number of amides is 1. The summed E-state index contributed by atoms with van der Waals surface area (Å²) in [5.74, 6) is 1.20. The molecule has 0 unspecified atom stereocenters. The van der Waals surface area contributed by atoms with Crippen molar-refractivity contribution < 1.29 is 14.3 Å². The van der Waals surface area contributed by atoms with Crippen molar-refractivity contribution in [3.63, 3.8) is 0 Å². The first-order valence-electron chi connectivity index (χ1n) is 11.7. The third-order valence-electron chi connectivity index (χ3n) is 5.77. The number of fused-ring (bicyclic) bond motifs is 2. The first kappa shape index (κ1) is 23.6. The van der Waals surface area contributed by atoms with Crippen LogP contribution >= 0.6 is 11.3 Å². The van der Waals surface area contributed by atoms with Crippen molar-refractivity contribution in [2.75, 3.05) is 18.5 Å². The highest BCUT2D eigenvalue weighted by molar-refractivity contribution is 7.14. The van der Waals surface area contributed by atoms with Crippen LogP contribution in [-0.4, -0.2) is 28.7 Å². The molecule has 0 saturated heterocycles. The summed E-state index contributed by atoms with van der Waals surface area (Å²) in [5, 5.41) is 6.44. The Morgan fingerprint density at radius 1 is 0.944 bits per heavy atom. The lowest BCUT2D eigenvalue weighted by Crippen LogP contribution is -2.21. The van der Waals surface area contributed by atoms with E-state index in [-0.39, 0.29) is 17.9 Å². The number of thiazole rings is 1. The van der Waals surface area contributed by atoms with E-state index in [9.17, 15) is 9.59 Å². The summed E-state index contributed by atoms with van der Waals surface area (Å²) >= 11 is 1.34. The summed E-state index contributed by atoms with van der Waals surface area (Å²) < 4.78 is 13.3. The van der Waals surface area contributed by atoms with Gasteiger partial charge in [0, 0.05) is 21.7 Å². The number of anilines is 1. The van der Waals surface area contributed by atoms with Gasteiger partial charge >= 0.3 is 0 Å². The first-order valence-corrected chi connectivity index (χ1v) is 12.6. The Morgan fingerprint density at radius 2 is 1.61 bits per heavy atom. The van der Waals surface area contributed by atoms with Crippen molar-refractivity contribution in [2.45, 2.75) is 20.4 Å². The molecule has 0 aliphatic heterocycles. The molecule has 0 bridgehead atoms. The van der Waals surface area contributed by atoms with Gasteiger partial charge in [0.25, 0.3) is 0 Å². The van der Waals surface area contributed by atoms with Gasteiger partial charge in [-0.2, -0.15) is 0 Å². The summed E-state index contributed by atoms with van der Waals surface area (Å²) in [5.41, 5.74) is 2.88. The van der Waals surface area contributed by atoms with Gasteiger partial charge in [-0.3, -0.25) is 9.59 Å². The fourth-order valence-corrected chi connectivity index (χ4v) is 4.98. The molecule has 0 saturated carbocycles. The van der Waals surface area contributed by atoms with Crippen LogP contribution in [0, 0.1) is 0 Å². The number of nitrogens with zero attached hydrogens (tertiary/aromatic N) is 2. The number of para-hydroxylation sites is 2. The van der Waals surface area contributed by atoms with E-state index >= 15 is 0 Å². The van der Waals surface area contributed by atoms with Crippen molar-refractivity contribution >= 4 is 44.2 Å². The van der Waals surface area contributed by atoms with Gasteiger partial charge in [0.1, 0.15) is 18.0 Å². The summed E-state index contributed by atoms with van der Waals surface area (Å²) in [4.78, 5) is 30.7. The highest BCUT2D eigenvalue weighted by Crippen LogP contribution is 2.35. The molecule has 8 heteroatoms. The SMILES string of the molecule is CCOc1ccc(OCC)c(-c2csc(NC(=O)Cn3c4ccccc4c(=O)c4ccccc43)n2)c1. The Labute approximate surface area is 211 Å². The summed E-state index contributed by atoms with van der Waals surface area (Å²) in [6, 6.07) is 20.3. The van der Waals surface area contributed by atoms with E-state index in [0.29, 0.717) is 51.6 Å². The zero-order chi connectivity index (χ0) is 25.1. The Kier molecular flexibility index (Phi) is 6.69. The fraction of sp³-hybridized carbons (Fsp3) is 0.179. The number of pyridine rings is 1. The molecule has 1 amide bonds. The van der Waals surface area contributed by atoms with Gasteiger partial charge in [0.15, 0.2) is 10.6 Å². The van der Waals surface area contributed by atoms with Gasteiger partial charge < -0.3 is 19.4 Å². The first-order chi connectivity index (χ1) is 17.6. The quantitative estimate of drug-likeness (QED) is 0.276. The molecule has 2 heterocycles. The molecule has 3 aromatic carbocycles. The molecule has 0 aliphatic carbocycles. The van der Waals surface area contributed by atoms with Crippen molar-refractivity contribution in [3.05, 3.63) is 82.3 Å². The number of nitrogens with one attached hydrogen (secondary N) is 1. The Bertz CT molecular complexity index is 1560. The second-order valence-electron chi connectivity index (χ2n) is 8.06. The highest BCUT2D eigenvalue weighted by Gasteiger charge is 2.16. The van der Waals surface area contributed by atoms with Crippen LogP contribution in [0.3, 0.4) is 0 Å². The van der Waals surface area contributed by atoms with E-state index in [1.165, 1.54) is 11.3 Å². The molecular formula is C28H25N3O4S. The van der Waals surface area contributed by atoms with Crippen LogP contribution in [0.2, 0.25) is 0 Å².